The van der Waals surface area contributed by atoms with Crippen LogP contribution < -0.4 is 20.7 Å². The van der Waals surface area contributed by atoms with Crippen molar-refractivity contribution in [3.05, 3.63) is 47.3 Å². The van der Waals surface area contributed by atoms with Gasteiger partial charge in [0.05, 0.1) is 13.5 Å². The van der Waals surface area contributed by atoms with Crippen molar-refractivity contribution in [2.24, 2.45) is 0 Å². The van der Waals surface area contributed by atoms with Crippen molar-refractivity contribution < 1.29 is 14.6 Å². The van der Waals surface area contributed by atoms with Crippen LogP contribution in [0.1, 0.15) is 55.0 Å². The maximum absolute atomic E-state index is 11.2. The molecule has 1 saturated carbocycles. The smallest absolute Gasteiger partial charge is 0.305 e. The molecule has 32 heavy (non-hydrogen) atoms. The Bertz CT molecular complexity index is 914. The molecule has 2 aromatic heterocycles. The van der Waals surface area contributed by atoms with E-state index < -0.39 is 5.97 Å². The van der Waals surface area contributed by atoms with E-state index in [1.807, 2.05) is 6.07 Å². The van der Waals surface area contributed by atoms with Gasteiger partial charge >= 0.3 is 5.97 Å². The molecule has 1 spiro atoms. The molecule has 0 aromatic carbocycles. The van der Waals surface area contributed by atoms with Gasteiger partial charge in [-0.3, -0.25) is 4.79 Å². The van der Waals surface area contributed by atoms with E-state index >= 15 is 0 Å². The highest BCUT2D eigenvalue weighted by Gasteiger charge is 2.47. The SMILES string of the molecule is COc1ccc(C(CC(=O)O)NCCNCCCc2ccc3c(n2)NCCC32CC2)cn1. The topological polar surface area (TPSA) is 108 Å². The number of carboxylic acids is 1. The Kier molecular flexibility index (Phi) is 7.22. The second-order valence-corrected chi connectivity index (χ2v) is 8.75. The van der Waals surface area contributed by atoms with E-state index in [1.54, 1.807) is 19.4 Å². The number of carboxylic acid groups (broad SMARTS) is 1. The second kappa shape index (κ2) is 10.3. The Balaban J connectivity index is 1.17. The first-order valence-corrected chi connectivity index (χ1v) is 11.5. The van der Waals surface area contributed by atoms with Crippen LogP contribution in [0.4, 0.5) is 5.82 Å². The van der Waals surface area contributed by atoms with Crippen LogP contribution in [0.25, 0.3) is 0 Å². The molecule has 1 aliphatic heterocycles. The number of carbonyl (C=O) groups is 1. The van der Waals surface area contributed by atoms with E-state index in [0.717, 1.165) is 49.6 Å². The summed E-state index contributed by atoms with van der Waals surface area (Å²) in [7, 11) is 1.56. The van der Waals surface area contributed by atoms with E-state index in [0.29, 0.717) is 17.8 Å². The third-order valence-corrected chi connectivity index (χ3v) is 6.50. The molecule has 2 aromatic rings. The first kappa shape index (κ1) is 22.5. The zero-order valence-corrected chi connectivity index (χ0v) is 18.7. The minimum atomic E-state index is -0.842. The highest BCUT2D eigenvalue weighted by atomic mass is 16.5. The van der Waals surface area contributed by atoms with Crippen LogP contribution in [0.2, 0.25) is 0 Å². The normalized spacial score (nSPS) is 16.8. The molecular formula is C24H33N5O3. The van der Waals surface area contributed by atoms with Gasteiger partial charge in [0.15, 0.2) is 0 Å². The van der Waals surface area contributed by atoms with Gasteiger partial charge in [0.1, 0.15) is 5.82 Å². The highest BCUT2D eigenvalue weighted by Crippen LogP contribution is 2.54. The quantitative estimate of drug-likeness (QED) is 0.374. The zero-order chi connectivity index (χ0) is 22.4. The Morgan fingerprint density at radius 3 is 2.81 bits per heavy atom. The summed E-state index contributed by atoms with van der Waals surface area (Å²) in [6.07, 6.45) is 7.48. The van der Waals surface area contributed by atoms with Gasteiger partial charge in [0.2, 0.25) is 5.88 Å². The minimum Gasteiger partial charge on any atom is -0.481 e. The average Bonchev–Trinajstić information content (AvgIpc) is 3.57. The van der Waals surface area contributed by atoms with E-state index in [2.05, 4.69) is 33.1 Å². The number of aromatic nitrogens is 2. The summed E-state index contributed by atoms with van der Waals surface area (Å²) in [5.74, 6) is 0.771. The molecule has 0 radical (unpaired) electrons. The first-order chi connectivity index (χ1) is 15.6. The fourth-order valence-corrected chi connectivity index (χ4v) is 4.48. The number of nitrogens with zero attached hydrogens (tertiary/aromatic N) is 2. The number of pyridine rings is 2. The van der Waals surface area contributed by atoms with Crippen LogP contribution in [0.5, 0.6) is 5.88 Å². The molecule has 4 rings (SSSR count). The third-order valence-electron chi connectivity index (χ3n) is 6.50. The summed E-state index contributed by atoms with van der Waals surface area (Å²) >= 11 is 0. The fraction of sp³-hybridized carbons (Fsp3) is 0.542. The van der Waals surface area contributed by atoms with Gasteiger partial charge in [-0.1, -0.05) is 12.1 Å². The number of methoxy groups -OCH3 is 1. The summed E-state index contributed by atoms with van der Waals surface area (Å²) in [5.41, 5.74) is 3.83. The monoisotopic (exact) mass is 439 g/mol. The number of rotatable bonds is 12. The average molecular weight is 440 g/mol. The van der Waals surface area contributed by atoms with Crippen molar-refractivity contribution in [3.63, 3.8) is 0 Å². The number of fused-ring (bicyclic) bond motifs is 2. The zero-order valence-electron chi connectivity index (χ0n) is 18.7. The first-order valence-electron chi connectivity index (χ1n) is 11.5. The van der Waals surface area contributed by atoms with Crippen molar-refractivity contribution in [1.82, 2.24) is 20.6 Å². The molecule has 3 heterocycles. The molecule has 8 heteroatoms. The number of anilines is 1. The maximum Gasteiger partial charge on any atom is 0.305 e. The molecule has 0 bridgehead atoms. The summed E-state index contributed by atoms with van der Waals surface area (Å²) in [6.45, 7) is 3.37. The molecule has 1 atom stereocenters. The Morgan fingerprint density at radius 1 is 1.22 bits per heavy atom. The third kappa shape index (κ3) is 5.55. The molecule has 0 amide bonds. The van der Waals surface area contributed by atoms with E-state index in [1.165, 1.54) is 24.8 Å². The highest BCUT2D eigenvalue weighted by molar-refractivity contribution is 5.67. The van der Waals surface area contributed by atoms with Gasteiger partial charge < -0.3 is 25.8 Å². The van der Waals surface area contributed by atoms with Crippen LogP contribution in [-0.4, -0.2) is 54.3 Å². The van der Waals surface area contributed by atoms with Gasteiger partial charge in [0.25, 0.3) is 0 Å². The predicted molar refractivity (Wildman–Crippen MR) is 123 cm³/mol. The minimum absolute atomic E-state index is 0.00727. The Labute approximate surface area is 189 Å². The lowest BCUT2D eigenvalue weighted by atomic mass is 9.90. The molecular weight excluding hydrogens is 406 g/mol. The summed E-state index contributed by atoms with van der Waals surface area (Å²) < 4.78 is 5.07. The lowest BCUT2D eigenvalue weighted by molar-refractivity contribution is -0.137. The predicted octanol–water partition coefficient (Wildman–Crippen LogP) is 2.66. The molecule has 1 aliphatic carbocycles. The van der Waals surface area contributed by atoms with E-state index in [-0.39, 0.29) is 12.5 Å². The van der Waals surface area contributed by atoms with Crippen molar-refractivity contribution in [3.8, 4) is 5.88 Å². The van der Waals surface area contributed by atoms with Crippen molar-refractivity contribution in [2.75, 3.05) is 38.6 Å². The van der Waals surface area contributed by atoms with Gasteiger partial charge in [-0.25, -0.2) is 9.97 Å². The number of hydrogen-bond acceptors (Lipinski definition) is 7. The van der Waals surface area contributed by atoms with Gasteiger partial charge in [-0.15, -0.1) is 0 Å². The van der Waals surface area contributed by atoms with E-state index in [4.69, 9.17) is 9.72 Å². The van der Waals surface area contributed by atoms with Crippen molar-refractivity contribution in [1.29, 1.82) is 0 Å². The van der Waals surface area contributed by atoms with Crippen LogP contribution >= 0.6 is 0 Å². The van der Waals surface area contributed by atoms with Crippen LogP contribution in [0.15, 0.2) is 30.5 Å². The van der Waals surface area contributed by atoms with Crippen LogP contribution in [-0.2, 0) is 16.6 Å². The number of aryl methyl sites for hydroxylation is 1. The van der Waals surface area contributed by atoms with Gasteiger partial charge in [0, 0.05) is 54.6 Å². The van der Waals surface area contributed by atoms with Crippen molar-refractivity contribution >= 4 is 11.8 Å². The number of hydrogen-bond donors (Lipinski definition) is 4. The Morgan fingerprint density at radius 2 is 2.09 bits per heavy atom. The molecule has 8 nitrogen and oxygen atoms in total. The Hall–Kier alpha value is -2.71. The summed E-state index contributed by atoms with van der Waals surface area (Å²) in [4.78, 5) is 20.3. The van der Waals surface area contributed by atoms with Gasteiger partial charge in [-0.2, -0.15) is 0 Å². The summed E-state index contributed by atoms with van der Waals surface area (Å²) in [6, 6.07) is 7.79. The largest absolute Gasteiger partial charge is 0.481 e. The molecule has 2 aliphatic rings. The van der Waals surface area contributed by atoms with Crippen LogP contribution in [0.3, 0.4) is 0 Å². The molecule has 1 fully saturated rings. The number of aliphatic carboxylic acids is 1. The molecule has 172 valence electrons. The number of ether oxygens (including phenoxy) is 1. The molecule has 1 unspecified atom stereocenters. The van der Waals surface area contributed by atoms with Crippen molar-refractivity contribution in [2.45, 2.75) is 50.0 Å². The second-order valence-electron chi connectivity index (χ2n) is 8.75. The maximum atomic E-state index is 11.2. The fourth-order valence-electron chi connectivity index (χ4n) is 4.48. The van der Waals surface area contributed by atoms with E-state index in [9.17, 15) is 9.90 Å². The van der Waals surface area contributed by atoms with Crippen LogP contribution in [0, 0.1) is 0 Å². The molecule has 4 N–H and O–H groups in total. The summed E-state index contributed by atoms with van der Waals surface area (Å²) in [5, 5.41) is 19.4. The molecule has 0 saturated heterocycles. The number of nitrogens with one attached hydrogen (secondary N) is 3. The standard InChI is InChI=1S/C24H33N5O3/c1-32-21-7-4-17(16-28-21)20(15-22(30)31)26-14-13-25-11-2-3-18-5-6-19-23(29-18)27-12-10-24(19)8-9-24/h4-7,16,20,25-26H,2-3,8-15H2,1H3,(H,27,29)(H,30,31). The lowest BCUT2D eigenvalue weighted by Gasteiger charge is -2.26. The lowest BCUT2D eigenvalue weighted by Crippen LogP contribution is -2.32. The van der Waals surface area contributed by atoms with Gasteiger partial charge in [-0.05, 0) is 50.3 Å².